The molecule has 114 valence electrons. The van der Waals surface area contributed by atoms with E-state index < -0.39 is 0 Å². The highest BCUT2D eigenvalue weighted by atomic mass is 35.5. The number of carbonyl (C=O) groups excluding carboxylic acids is 1. The zero-order chi connectivity index (χ0) is 16.1. The highest BCUT2D eigenvalue weighted by molar-refractivity contribution is 6.35. The number of benzene rings is 2. The molecule has 2 aromatic carbocycles. The maximum Gasteiger partial charge on any atom is 0.246 e. The summed E-state index contributed by atoms with van der Waals surface area (Å²) in [7, 11) is 1.77. The lowest BCUT2D eigenvalue weighted by Crippen LogP contribution is -2.24. The second-order valence-electron chi connectivity index (χ2n) is 5.18. The third-order valence-corrected chi connectivity index (χ3v) is 3.85. The molecule has 0 heterocycles. The fourth-order valence-electron chi connectivity index (χ4n) is 1.97. The smallest absolute Gasteiger partial charge is 0.246 e. The largest absolute Gasteiger partial charge is 0.338 e. The van der Waals surface area contributed by atoms with E-state index in [0.29, 0.717) is 16.6 Å². The predicted molar refractivity (Wildman–Crippen MR) is 93.1 cm³/mol. The number of hydrogen-bond acceptors (Lipinski definition) is 1. The first-order valence-electron chi connectivity index (χ1n) is 6.89. The van der Waals surface area contributed by atoms with Crippen LogP contribution in [-0.4, -0.2) is 17.9 Å². The van der Waals surface area contributed by atoms with E-state index in [1.807, 2.05) is 31.2 Å². The van der Waals surface area contributed by atoms with Gasteiger partial charge in [0.15, 0.2) is 0 Å². The van der Waals surface area contributed by atoms with Crippen molar-refractivity contribution in [3.63, 3.8) is 0 Å². The van der Waals surface area contributed by atoms with Crippen molar-refractivity contribution < 1.29 is 4.79 Å². The summed E-state index contributed by atoms with van der Waals surface area (Å²) in [4.78, 5) is 13.8. The second kappa shape index (κ2) is 7.48. The Balaban J connectivity index is 2.01. The monoisotopic (exact) mass is 333 g/mol. The number of nitrogens with zero attached hydrogens (tertiary/aromatic N) is 1. The lowest BCUT2D eigenvalue weighted by atomic mass is 10.1. The van der Waals surface area contributed by atoms with Crippen molar-refractivity contribution in [2.24, 2.45) is 0 Å². The number of hydrogen-bond donors (Lipinski definition) is 0. The van der Waals surface area contributed by atoms with Gasteiger partial charge < -0.3 is 4.90 Å². The molecule has 0 N–H and O–H groups in total. The van der Waals surface area contributed by atoms with Crippen molar-refractivity contribution in [3.8, 4) is 0 Å². The lowest BCUT2D eigenvalue weighted by molar-refractivity contribution is -0.125. The summed E-state index contributed by atoms with van der Waals surface area (Å²) in [5.74, 6) is -0.0772. The molecule has 2 rings (SSSR count). The zero-order valence-corrected chi connectivity index (χ0v) is 14.0. The minimum Gasteiger partial charge on any atom is -0.338 e. The van der Waals surface area contributed by atoms with Gasteiger partial charge in [0, 0.05) is 29.7 Å². The van der Waals surface area contributed by atoms with Crippen molar-refractivity contribution >= 4 is 35.2 Å². The summed E-state index contributed by atoms with van der Waals surface area (Å²) < 4.78 is 0. The molecule has 0 aromatic heterocycles. The van der Waals surface area contributed by atoms with Gasteiger partial charge in [0.05, 0.1) is 0 Å². The SMILES string of the molecule is Cc1ccc(CN(C)C(=O)/C=C/c2ccc(Cl)cc2Cl)cc1. The van der Waals surface area contributed by atoms with Crippen molar-refractivity contribution in [1.29, 1.82) is 0 Å². The van der Waals surface area contributed by atoms with E-state index >= 15 is 0 Å². The molecule has 22 heavy (non-hydrogen) atoms. The molecule has 1 amide bonds. The minimum absolute atomic E-state index is 0.0772. The molecule has 2 aromatic rings. The highest BCUT2D eigenvalue weighted by Crippen LogP contribution is 2.22. The quantitative estimate of drug-likeness (QED) is 0.723. The van der Waals surface area contributed by atoms with Crippen molar-refractivity contribution in [1.82, 2.24) is 4.90 Å². The minimum atomic E-state index is -0.0772. The van der Waals surface area contributed by atoms with Gasteiger partial charge >= 0.3 is 0 Å². The van der Waals surface area contributed by atoms with Gasteiger partial charge in [-0.2, -0.15) is 0 Å². The van der Waals surface area contributed by atoms with E-state index in [-0.39, 0.29) is 5.91 Å². The lowest BCUT2D eigenvalue weighted by Gasteiger charge is -2.15. The summed E-state index contributed by atoms with van der Waals surface area (Å²) in [6.07, 6.45) is 3.22. The van der Waals surface area contributed by atoms with Crippen LogP contribution in [0.3, 0.4) is 0 Å². The Kier molecular flexibility index (Phi) is 5.64. The van der Waals surface area contributed by atoms with E-state index in [0.717, 1.165) is 11.1 Å². The van der Waals surface area contributed by atoms with Crippen LogP contribution >= 0.6 is 23.2 Å². The molecule has 0 saturated carbocycles. The molecule has 0 radical (unpaired) electrons. The fraction of sp³-hybridized carbons (Fsp3) is 0.167. The van der Waals surface area contributed by atoms with E-state index in [2.05, 4.69) is 0 Å². The van der Waals surface area contributed by atoms with E-state index in [9.17, 15) is 4.79 Å². The topological polar surface area (TPSA) is 20.3 Å². The van der Waals surface area contributed by atoms with Crippen LogP contribution in [0.25, 0.3) is 6.08 Å². The number of amides is 1. The Hall–Kier alpha value is -1.77. The Labute approximate surface area is 141 Å². The molecule has 0 bridgehead atoms. The first kappa shape index (κ1) is 16.6. The van der Waals surface area contributed by atoms with Gasteiger partial charge in [0.1, 0.15) is 0 Å². The molecular formula is C18H17Cl2NO. The van der Waals surface area contributed by atoms with Crippen LogP contribution in [0, 0.1) is 6.92 Å². The van der Waals surface area contributed by atoms with Gasteiger partial charge in [-0.15, -0.1) is 0 Å². The molecule has 4 heteroatoms. The maximum absolute atomic E-state index is 12.1. The number of carbonyl (C=O) groups is 1. The van der Waals surface area contributed by atoms with Crippen LogP contribution in [0.2, 0.25) is 10.0 Å². The van der Waals surface area contributed by atoms with Gasteiger partial charge in [-0.05, 0) is 36.3 Å². The summed E-state index contributed by atoms with van der Waals surface area (Å²) >= 11 is 11.9. The first-order valence-corrected chi connectivity index (χ1v) is 7.65. The van der Waals surface area contributed by atoms with Gasteiger partial charge in [-0.3, -0.25) is 4.79 Å². The molecule has 0 fully saturated rings. The Morgan fingerprint density at radius 1 is 1.14 bits per heavy atom. The molecular weight excluding hydrogens is 317 g/mol. The third-order valence-electron chi connectivity index (χ3n) is 3.28. The molecule has 0 aliphatic heterocycles. The zero-order valence-electron chi connectivity index (χ0n) is 12.5. The highest BCUT2D eigenvalue weighted by Gasteiger charge is 2.06. The Bertz CT molecular complexity index is 693. The average molecular weight is 334 g/mol. The van der Waals surface area contributed by atoms with Crippen molar-refractivity contribution in [3.05, 3.63) is 75.3 Å². The van der Waals surface area contributed by atoms with Crippen LogP contribution in [0.4, 0.5) is 0 Å². The van der Waals surface area contributed by atoms with Crippen LogP contribution in [0.1, 0.15) is 16.7 Å². The summed E-state index contributed by atoms with van der Waals surface area (Å²) in [6.45, 7) is 2.61. The average Bonchev–Trinajstić information content (AvgIpc) is 2.48. The van der Waals surface area contributed by atoms with E-state index in [1.165, 1.54) is 11.6 Å². The summed E-state index contributed by atoms with van der Waals surface area (Å²) in [5, 5.41) is 1.10. The number of rotatable bonds is 4. The standard InChI is InChI=1S/C18H17Cl2NO/c1-13-3-5-14(6-4-13)12-21(2)18(22)10-8-15-7-9-16(19)11-17(15)20/h3-11H,12H2,1-2H3/b10-8+. The van der Waals surface area contributed by atoms with Gasteiger partial charge in [-0.25, -0.2) is 0 Å². The van der Waals surface area contributed by atoms with Crippen LogP contribution in [-0.2, 0) is 11.3 Å². The molecule has 0 aliphatic carbocycles. The number of aryl methyl sites for hydroxylation is 1. The van der Waals surface area contributed by atoms with Crippen LogP contribution in [0.15, 0.2) is 48.5 Å². The van der Waals surface area contributed by atoms with Gasteiger partial charge in [0.2, 0.25) is 5.91 Å². The van der Waals surface area contributed by atoms with Crippen molar-refractivity contribution in [2.75, 3.05) is 7.05 Å². The molecule has 0 aliphatic rings. The fourth-order valence-corrected chi connectivity index (χ4v) is 2.44. The van der Waals surface area contributed by atoms with Gasteiger partial charge in [-0.1, -0.05) is 59.1 Å². The predicted octanol–water partition coefficient (Wildman–Crippen LogP) is 4.97. The summed E-state index contributed by atoms with van der Waals surface area (Å²) in [6, 6.07) is 13.3. The van der Waals surface area contributed by atoms with Gasteiger partial charge in [0.25, 0.3) is 0 Å². The first-order chi connectivity index (χ1) is 10.5. The molecule has 0 unspecified atom stereocenters. The third kappa shape index (κ3) is 4.62. The van der Waals surface area contributed by atoms with E-state index in [4.69, 9.17) is 23.2 Å². The number of likely N-dealkylation sites (N-methyl/N-ethyl adjacent to an activating group) is 1. The molecule has 0 spiro atoms. The normalized spacial score (nSPS) is 10.9. The second-order valence-corrected chi connectivity index (χ2v) is 6.02. The van der Waals surface area contributed by atoms with Crippen LogP contribution < -0.4 is 0 Å². The molecule has 0 saturated heterocycles. The number of halogens is 2. The van der Waals surface area contributed by atoms with Crippen molar-refractivity contribution in [2.45, 2.75) is 13.5 Å². The maximum atomic E-state index is 12.1. The molecule has 0 atom stereocenters. The van der Waals surface area contributed by atoms with E-state index in [1.54, 1.807) is 36.2 Å². The summed E-state index contributed by atoms with van der Waals surface area (Å²) in [5.41, 5.74) is 3.07. The Morgan fingerprint density at radius 2 is 1.82 bits per heavy atom. The molecule has 2 nitrogen and oxygen atoms in total. The van der Waals surface area contributed by atoms with Crippen LogP contribution in [0.5, 0.6) is 0 Å². The Morgan fingerprint density at radius 3 is 2.45 bits per heavy atom.